The molecule has 0 heterocycles. The minimum atomic E-state index is 0.0846. The molecule has 1 fully saturated rings. The molecule has 0 spiro atoms. The number of carbonyl (C=O) groups is 1. The Morgan fingerprint density at radius 2 is 2.25 bits per heavy atom. The summed E-state index contributed by atoms with van der Waals surface area (Å²) < 4.78 is 0. The first-order valence-electron chi connectivity index (χ1n) is 5.38. The Balaban J connectivity index is 2.34. The molecule has 1 aromatic carbocycles. The van der Waals surface area contributed by atoms with Crippen molar-refractivity contribution in [2.75, 3.05) is 18.1 Å². The highest BCUT2D eigenvalue weighted by Gasteiger charge is 2.30. The van der Waals surface area contributed by atoms with Crippen molar-refractivity contribution in [1.82, 2.24) is 0 Å². The summed E-state index contributed by atoms with van der Waals surface area (Å²) >= 11 is 5.94. The van der Waals surface area contributed by atoms with Gasteiger partial charge in [0.25, 0.3) is 0 Å². The zero-order chi connectivity index (χ0) is 11.5. The van der Waals surface area contributed by atoms with Crippen LogP contribution < -0.4 is 4.90 Å². The lowest BCUT2D eigenvalue weighted by atomic mass is 10.1. The summed E-state index contributed by atoms with van der Waals surface area (Å²) in [5.41, 5.74) is 1.46. The highest BCUT2D eigenvalue weighted by Crippen LogP contribution is 2.34. The van der Waals surface area contributed by atoms with Crippen LogP contribution in [0, 0.1) is 0 Å². The molecule has 0 unspecified atom stereocenters. The lowest BCUT2D eigenvalue weighted by molar-refractivity contribution is 0.112. The Hall–Kier alpha value is -1.06. The van der Waals surface area contributed by atoms with Crippen LogP contribution in [-0.2, 0) is 0 Å². The van der Waals surface area contributed by atoms with Gasteiger partial charge in [-0.3, -0.25) is 4.79 Å². The number of aliphatic hydroxyl groups excluding tert-OH is 1. The third-order valence-corrected chi connectivity index (χ3v) is 2.99. The molecule has 0 bridgehead atoms. The summed E-state index contributed by atoms with van der Waals surface area (Å²) in [7, 11) is 0. The van der Waals surface area contributed by atoms with Crippen LogP contribution in [0.25, 0.3) is 0 Å². The minimum absolute atomic E-state index is 0.0846. The molecule has 0 saturated heterocycles. The monoisotopic (exact) mass is 239 g/mol. The highest BCUT2D eigenvalue weighted by molar-refractivity contribution is 6.31. The van der Waals surface area contributed by atoms with Gasteiger partial charge >= 0.3 is 0 Å². The number of hydrogen-bond acceptors (Lipinski definition) is 3. The second-order valence-electron chi connectivity index (χ2n) is 3.97. The Morgan fingerprint density at radius 1 is 1.50 bits per heavy atom. The number of nitrogens with zero attached hydrogens (tertiary/aromatic N) is 1. The maximum atomic E-state index is 11.0. The van der Waals surface area contributed by atoms with Crippen molar-refractivity contribution in [3.8, 4) is 0 Å². The van der Waals surface area contributed by atoms with Gasteiger partial charge in [-0.2, -0.15) is 0 Å². The second kappa shape index (κ2) is 4.85. The van der Waals surface area contributed by atoms with E-state index in [1.54, 1.807) is 18.2 Å². The van der Waals surface area contributed by atoms with E-state index in [1.807, 2.05) is 0 Å². The molecule has 4 heteroatoms. The van der Waals surface area contributed by atoms with Gasteiger partial charge in [-0.15, -0.1) is 0 Å². The summed E-state index contributed by atoms with van der Waals surface area (Å²) in [5, 5.41) is 9.66. The number of halogens is 1. The molecular formula is C12H14ClNO2. The molecule has 1 saturated carbocycles. The SMILES string of the molecule is O=Cc1ccc(Cl)cc1N(CCO)C1CC1. The number of aldehydes is 1. The van der Waals surface area contributed by atoms with Crippen molar-refractivity contribution in [2.24, 2.45) is 0 Å². The van der Waals surface area contributed by atoms with Gasteiger partial charge < -0.3 is 10.0 Å². The van der Waals surface area contributed by atoms with Gasteiger partial charge in [0.05, 0.1) is 6.61 Å². The number of hydrogen-bond donors (Lipinski definition) is 1. The lowest BCUT2D eigenvalue weighted by Gasteiger charge is -2.25. The third-order valence-electron chi connectivity index (χ3n) is 2.76. The van der Waals surface area contributed by atoms with E-state index in [4.69, 9.17) is 16.7 Å². The van der Waals surface area contributed by atoms with Crippen molar-refractivity contribution in [3.63, 3.8) is 0 Å². The summed E-state index contributed by atoms with van der Waals surface area (Å²) in [6.07, 6.45) is 3.06. The molecule has 0 aliphatic heterocycles. The maximum Gasteiger partial charge on any atom is 0.152 e. The molecule has 86 valence electrons. The Labute approximate surface area is 99.6 Å². The van der Waals surface area contributed by atoms with Gasteiger partial charge in [-0.1, -0.05) is 11.6 Å². The minimum Gasteiger partial charge on any atom is -0.395 e. The van der Waals surface area contributed by atoms with E-state index >= 15 is 0 Å². The number of benzene rings is 1. The number of aliphatic hydroxyl groups is 1. The molecule has 0 aromatic heterocycles. The van der Waals surface area contributed by atoms with Crippen molar-refractivity contribution in [1.29, 1.82) is 0 Å². The van der Waals surface area contributed by atoms with E-state index in [2.05, 4.69) is 4.90 Å². The van der Waals surface area contributed by atoms with E-state index in [9.17, 15) is 4.79 Å². The van der Waals surface area contributed by atoms with Crippen LogP contribution in [0.4, 0.5) is 5.69 Å². The van der Waals surface area contributed by atoms with E-state index in [0.29, 0.717) is 23.2 Å². The number of carbonyl (C=O) groups excluding carboxylic acids is 1. The Bertz CT molecular complexity index is 391. The molecule has 2 rings (SSSR count). The molecule has 1 N–H and O–H groups in total. The maximum absolute atomic E-state index is 11.0. The van der Waals surface area contributed by atoms with Crippen LogP contribution in [0.15, 0.2) is 18.2 Å². The van der Waals surface area contributed by atoms with Gasteiger partial charge in [-0.05, 0) is 31.0 Å². The van der Waals surface area contributed by atoms with Crippen LogP contribution in [0.3, 0.4) is 0 Å². The number of rotatable bonds is 5. The first-order chi connectivity index (χ1) is 7.76. The van der Waals surface area contributed by atoms with Crippen LogP contribution >= 0.6 is 11.6 Å². The summed E-state index contributed by atoms with van der Waals surface area (Å²) in [4.78, 5) is 13.0. The van der Waals surface area contributed by atoms with Gasteiger partial charge in [0, 0.05) is 28.9 Å². The van der Waals surface area contributed by atoms with Gasteiger partial charge in [0.2, 0.25) is 0 Å². The quantitative estimate of drug-likeness (QED) is 0.801. The third kappa shape index (κ3) is 2.36. The molecule has 3 nitrogen and oxygen atoms in total. The van der Waals surface area contributed by atoms with Crippen LogP contribution in [0.1, 0.15) is 23.2 Å². The van der Waals surface area contributed by atoms with E-state index < -0.39 is 0 Å². The largest absolute Gasteiger partial charge is 0.395 e. The molecule has 0 amide bonds. The second-order valence-corrected chi connectivity index (χ2v) is 4.41. The fraction of sp³-hybridized carbons (Fsp3) is 0.417. The first-order valence-corrected chi connectivity index (χ1v) is 5.76. The van der Waals surface area contributed by atoms with Crippen molar-refractivity contribution in [2.45, 2.75) is 18.9 Å². The molecule has 0 radical (unpaired) electrons. The van der Waals surface area contributed by atoms with Gasteiger partial charge in [0.1, 0.15) is 0 Å². The zero-order valence-electron chi connectivity index (χ0n) is 8.90. The van der Waals surface area contributed by atoms with Crippen LogP contribution in [0.5, 0.6) is 0 Å². The molecule has 0 atom stereocenters. The van der Waals surface area contributed by atoms with Crippen molar-refractivity contribution >= 4 is 23.6 Å². The average Bonchev–Trinajstić information content (AvgIpc) is 3.10. The van der Waals surface area contributed by atoms with Crippen LogP contribution in [-0.4, -0.2) is 30.6 Å². The Kier molecular flexibility index (Phi) is 3.46. The normalized spacial score (nSPS) is 14.9. The van der Waals surface area contributed by atoms with Gasteiger partial charge in [0.15, 0.2) is 6.29 Å². The summed E-state index contributed by atoms with van der Waals surface area (Å²) in [6, 6.07) is 5.67. The van der Waals surface area contributed by atoms with Crippen molar-refractivity contribution in [3.05, 3.63) is 28.8 Å². The van der Waals surface area contributed by atoms with Crippen molar-refractivity contribution < 1.29 is 9.90 Å². The molecule has 16 heavy (non-hydrogen) atoms. The first kappa shape index (κ1) is 11.4. The standard InChI is InChI=1S/C12H14ClNO2/c13-10-2-1-9(8-16)12(7-10)14(5-6-15)11-3-4-11/h1-2,7-8,11,15H,3-6H2. The van der Waals surface area contributed by atoms with Crippen LogP contribution in [0.2, 0.25) is 5.02 Å². The van der Waals surface area contributed by atoms with E-state index in [1.165, 1.54) is 0 Å². The van der Waals surface area contributed by atoms with E-state index in [-0.39, 0.29) is 6.61 Å². The fourth-order valence-electron chi connectivity index (χ4n) is 1.86. The van der Waals surface area contributed by atoms with E-state index in [0.717, 1.165) is 24.8 Å². The Morgan fingerprint density at radius 3 is 2.81 bits per heavy atom. The molecule has 1 aliphatic carbocycles. The number of anilines is 1. The lowest BCUT2D eigenvalue weighted by Crippen LogP contribution is -2.29. The summed E-state index contributed by atoms with van der Waals surface area (Å²) in [5.74, 6) is 0. The highest BCUT2D eigenvalue weighted by atomic mass is 35.5. The van der Waals surface area contributed by atoms with Gasteiger partial charge in [-0.25, -0.2) is 0 Å². The summed E-state index contributed by atoms with van der Waals surface area (Å²) in [6.45, 7) is 0.632. The predicted octanol–water partition coefficient (Wildman–Crippen LogP) is 2.11. The molecular weight excluding hydrogens is 226 g/mol. The smallest absolute Gasteiger partial charge is 0.152 e. The fourth-order valence-corrected chi connectivity index (χ4v) is 2.03. The predicted molar refractivity (Wildman–Crippen MR) is 64.3 cm³/mol. The topological polar surface area (TPSA) is 40.5 Å². The molecule has 1 aliphatic rings. The average molecular weight is 240 g/mol. The zero-order valence-corrected chi connectivity index (χ0v) is 9.65. The molecule has 1 aromatic rings.